The number of carbonyl (C=O) groups excluding carboxylic acids is 2. The highest BCUT2D eigenvalue weighted by Gasteiger charge is 2.35. The van der Waals surface area contributed by atoms with Gasteiger partial charge < -0.3 is 19.9 Å². The molecule has 2 fully saturated rings. The molecule has 1 aromatic rings. The zero-order valence-electron chi connectivity index (χ0n) is 14.1. The Morgan fingerprint density at radius 1 is 1.33 bits per heavy atom. The maximum atomic E-state index is 13.0. The monoisotopic (exact) mass is 331 g/mol. The van der Waals surface area contributed by atoms with Crippen molar-refractivity contribution >= 4 is 11.9 Å². The SMILES string of the molecule is CCO[C@H](C(=O)N1CCC[C@@H](N2CCNC2=O)C1)c1ccccc1. The predicted molar refractivity (Wildman–Crippen MR) is 90.5 cm³/mol. The summed E-state index contributed by atoms with van der Waals surface area (Å²) in [7, 11) is 0. The molecule has 0 radical (unpaired) electrons. The molecule has 2 heterocycles. The summed E-state index contributed by atoms with van der Waals surface area (Å²) in [5.41, 5.74) is 0.880. The van der Waals surface area contributed by atoms with Crippen LogP contribution in [0, 0.1) is 0 Å². The Bertz CT molecular complexity index is 578. The third kappa shape index (κ3) is 3.53. The number of hydrogen-bond acceptors (Lipinski definition) is 3. The van der Waals surface area contributed by atoms with Gasteiger partial charge in [0.1, 0.15) is 0 Å². The van der Waals surface area contributed by atoms with Crippen molar-refractivity contribution in [1.29, 1.82) is 0 Å². The highest BCUT2D eigenvalue weighted by molar-refractivity contribution is 5.83. The van der Waals surface area contributed by atoms with Crippen LogP contribution < -0.4 is 5.32 Å². The van der Waals surface area contributed by atoms with E-state index in [1.54, 1.807) is 0 Å². The first-order chi connectivity index (χ1) is 11.7. The number of urea groups is 1. The van der Waals surface area contributed by atoms with Crippen LogP contribution in [-0.4, -0.2) is 60.6 Å². The van der Waals surface area contributed by atoms with Crippen LogP contribution in [0.25, 0.3) is 0 Å². The van der Waals surface area contributed by atoms with Crippen LogP contribution in [-0.2, 0) is 9.53 Å². The summed E-state index contributed by atoms with van der Waals surface area (Å²) in [6.45, 7) is 5.10. The molecule has 2 aliphatic rings. The van der Waals surface area contributed by atoms with Crippen molar-refractivity contribution in [2.45, 2.75) is 31.9 Å². The molecule has 2 atom stereocenters. The fraction of sp³-hybridized carbons (Fsp3) is 0.556. The van der Waals surface area contributed by atoms with Crippen LogP contribution >= 0.6 is 0 Å². The van der Waals surface area contributed by atoms with Gasteiger partial charge in [-0.25, -0.2) is 4.79 Å². The zero-order chi connectivity index (χ0) is 16.9. The molecule has 24 heavy (non-hydrogen) atoms. The number of rotatable bonds is 5. The average Bonchev–Trinajstić information content (AvgIpc) is 3.06. The van der Waals surface area contributed by atoms with E-state index in [2.05, 4.69) is 5.32 Å². The van der Waals surface area contributed by atoms with Crippen molar-refractivity contribution in [3.8, 4) is 0 Å². The van der Waals surface area contributed by atoms with E-state index in [0.717, 1.165) is 31.5 Å². The number of ether oxygens (including phenoxy) is 1. The van der Waals surface area contributed by atoms with Gasteiger partial charge in [0.25, 0.3) is 5.91 Å². The molecule has 1 aromatic carbocycles. The number of carbonyl (C=O) groups is 2. The summed E-state index contributed by atoms with van der Waals surface area (Å²) in [6.07, 6.45) is 1.29. The summed E-state index contributed by atoms with van der Waals surface area (Å²) >= 11 is 0. The molecule has 6 heteroatoms. The van der Waals surface area contributed by atoms with Crippen molar-refractivity contribution < 1.29 is 14.3 Å². The number of nitrogens with zero attached hydrogens (tertiary/aromatic N) is 2. The second kappa shape index (κ2) is 7.66. The van der Waals surface area contributed by atoms with Crippen LogP contribution in [0.1, 0.15) is 31.4 Å². The van der Waals surface area contributed by atoms with Gasteiger partial charge in [0.15, 0.2) is 6.10 Å². The molecular formula is C18H25N3O3. The lowest BCUT2D eigenvalue weighted by Gasteiger charge is -2.38. The van der Waals surface area contributed by atoms with E-state index >= 15 is 0 Å². The predicted octanol–water partition coefficient (Wildman–Crippen LogP) is 1.78. The number of hydrogen-bond donors (Lipinski definition) is 1. The molecule has 6 nitrogen and oxygen atoms in total. The quantitative estimate of drug-likeness (QED) is 0.895. The number of piperidine rings is 1. The maximum Gasteiger partial charge on any atom is 0.317 e. The lowest BCUT2D eigenvalue weighted by atomic mass is 10.0. The second-order valence-corrected chi connectivity index (χ2v) is 6.25. The van der Waals surface area contributed by atoms with Crippen molar-refractivity contribution in [2.24, 2.45) is 0 Å². The minimum atomic E-state index is -0.567. The molecule has 0 saturated carbocycles. The zero-order valence-corrected chi connectivity index (χ0v) is 14.1. The van der Waals surface area contributed by atoms with Gasteiger partial charge >= 0.3 is 6.03 Å². The molecule has 0 bridgehead atoms. The van der Waals surface area contributed by atoms with E-state index < -0.39 is 6.10 Å². The third-order valence-corrected chi connectivity index (χ3v) is 4.70. The molecule has 0 spiro atoms. The second-order valence-electron chi connectivity index (χ2n) is 6.25. The number of benzene rings is 1. The van der Waals surface area contributed by atoms with Gasteiger partial charge in [-0.2, -0.15) is 0 Å². The van der Waals surface area contributed by atoms with Crippen LogP contribution in [0.3, 0.4) is 0 Å². The van der Waals surface area contributed by atoms with Gasteiger partial charge in [0.2, 0.25) is 0 Å². The topological polar surface area (TPSA) is 61.9 Å². The first kappa shape index (κ1) is 16.8. The van der Waals surface area contributed by atoms with Gasteiger partial charge in [0.05, 0.1) is 6.04 Å². The summed E-state index contributed by atoms with van der Waals surface area (Å²) in [5.74, 6) is -0.00708. The highest BCUT2D eigenvalue weighted by Crippen LogP contribution is 2.24. The Labute approximate surface area is 142 Å². The summed E-state index contributed by atoms with van der Waals surface area (Å²) in [4.78, 5) is 28.6. The molecule has 3 rings (SSSR count). The molecule has 1 N–H and O–H groups in total. The first-order valence-electron chi connectivity index (χ1n) is 8.70. The van der Waals surface area contributed by atoms with Gasteiger partial charge in [-0.3, -0.25) is 4.79 Å². The molecule has 3 amide bonds. The maximum absolute atomic E-state index is 13.0. The largest absolute Gasteiger partial charge is 0.364 e. The molecule has 2 saturated heterocycles. The standard InChI is InChI=1S/C18H25N3O3/c1-2-24-16(14-7-4-3-5-8-14)17(22)20-11-6-9-15(13-20)21-12-10-19-18(21)23/h3-5,7-8,15-16H,2,6,9-13H2,1H3,(H,19,23)/t15-,16+/m1/s1. The summed E-state index contributed by atoms with van der Waals surface area (Å²) in [5, 5.41) is 2.84. The Morgan fingerprint density at radius 2 is 2.12 bits per heavy atom. The van der Waals surface area contributed by atoms with E-state index in [0.29, 0.717) is 19.7 Å². The molecule has 2 aliphatic heterocycles. The van der Waals surface area contributed by atoms with E-state index in [4.69, 9.17) is 4.74 Å². The normalized spacial score (nSPS) is 22.4. The minimum Gasteiger partial charge on any atom is -0.364 e. The Balaban J connectivity index is 1.71. The fourth-order valence-electron chi connectivity index (χ4n) is 3.51. The number of amides is 3. The smallest absolute Gasteiger partial charge is 0.317 e. The van der Waals surface area contributed by atoms with Gasteiger partial charge in [0, 0.05) is 32.8 Å². The average molecular weight is 331 g/mol. The third-order valence-electron chi connectivity index (χ3n) is 4.70. The lowest BCUT2D eigenvalue weighted by molar-refractivity contribution is -0.146. The van der Waals surface area contributed by atoms with E-state index in [9.17, 15) is 9.59 Å². The first-order valence-corrected chi connectivity index (χ1v) is 8.70. The summed E-state index contributed by atoms with van der Waals surface area (Å²) in [6, 6.07) is 9.70. The van der Waals surface area contributed by atoms with Crippen molar-refractivity contribution in [3.63, 3.8) is 0 Å². The molecule has 0 aliphatic carbocycles. The number of nitrogens with one attached hydrogen (secondary N) is 1. The van der Waals surface area contributed by atoms with E-state index in [-0.39, 0.29) is 18.0 Å². The minimum absolute atomic E-state index is 0.00708. The highest BCUT2D eigenvalue weighted by atomic mass is 16.5. The fourth-order valence-corrected chi connectivity index (χ4v) is 3.51. The summed E-state index contributed by atoms with van der Waals surface area (Å²) < 4.78 is 5.74. The van der Waals surface area contributed by atoms with E-state index in [1.807, 2.05) is 47.1 Å². The van der Waals surface area contributed by atoms with Gasteiger partial charge in [-0.1, -0.05) is 30.3 Å². The van der Waals surface area contributed by atoms with Gasteiger partial charge in [-0.15, -0.1) is 0 Å². The van der Waals surface area contributed by atoms with E-state index in [1.165, 1.54) is 0 Å². The van der Waals surface area contributed by atoms with Crippen molar-refractivity contribution in [1.82, 2.24) is 15.1 Å². The molecule has 130 valence electrons. The van der Waals surface area contributed by atoms with Gasteiger partial charge in [-0.05, 0) is 25.3 Å². The molecule has 0 aromatic heterocycles. The molecular weight excluding hydrogens is 306 g/mol. The van der Waals surface area contributed by atoms with Crippen LogP contribution in [0.15, 0.2) is 30.3 Å². The van der Waals surface area contributed by atoms with Crippen molar-refractivity contribution in [2.75, 3.05) is 32.8 Å². The lowest BCUT2D eigenvalue weighted by Crippen LogP contribution is -2.51. The molecule has 0 unspecified atom stereocenters. The number of likely N-dealkylation sites (tertiary alicyclic amines) is 1. The van der Waals surface area contributed by atoms with Crippen LogP contribution in [0.4, 0.5) is 4.79 Å². The van der Waals surface area contributed by atoms with Crippen LogP contribution in [0.2, 0.25) is 0 Å². The Morgan fingerprint density at radius 3 is 2.79 bits per heavy atom. The Hall–Kier alpha value is -2.08. The van der Waals surface area contributed by atoms with Crippen molar-refractivity contribution in [3.05, 3.63) is 35.9 Å². The Kier molecular flexibility index (Phi) is 5.35. The van der Waals surface area contributed by atoms with Crippen LogP contribution in [0.5, 0.6) is 0 Å².